The van der Waals surface area contributed by atoms with Gasteiger partial charge in [-0.25, -0.2) is 0 Å². The number of hydrogen-bond acceptors (Lipinski definition) is 5. The van der Waals surface area contributed by atoms with Gasteiger partial charge < -0.3 is 24.3 Å². The molecule has 1 aromatic rings. The Morgan fingerprint density at radius 3 is 2.26 bits per heavy atom. The molecule has 0 amide bonds. The average Bonchev–Trinajstić information content (AvgIpc) is 2.74. The third-order valence-corrected chi connectivity index (χ3v) is 6.77. The van der Waals surface area contributed by atoms with Gasteiger partial charge in [-0.15, -0.1) is 0 Å². The van der Waals surface area contributed by atoms with Gasteiger partial charge in [0.1, 0.15) is 5.75 Å². The first kappa shape index (κ1) is 18.3. The third-order valence-electron chi connectivity index (χ3n) is 3.39. The van der Waals surface area contributed by atoms with Crippen LogP contribution in [0.15, 0.2) is 18.2 Å². The average molecular weight is 365 g/mol. The topological polar surface area (TPSA) is 153 Å². The lowest BCUT2D eigenvalue weighted by atomic mass is 10.1. The molecule has 11 heteroatoms. The Bertz CT molecular complexity index is 687. The predicted molar refractivity (Wildman–Crippen MR) is 80.0 cm³/mol. The SMILES string of the molecule is CC(=O)Oc1ccc2c(c1)CC(NC(P(=O)(O)O)P(=O)(O)O)C2. The lowest BCUT2D eigenvalue weighted by molar-refractivity contribution is -0.131. The van der Waals surface area contributed by atoms with Gasteiger partial charge in [-0.1, -0.05) is 6.07 Å². The molecular formula is C12H17NO8P2. The van der Waals surface area contributed by atoms with Gasteiger partial charge in [0.15, 0.2) is 0 Å². The van der Waals surface area contributed by atoms with E-state index in [2.05, 4.69) is 5.32 Å². The van der Waals surface area contributed by atoms with E-state index in [1.807, 2.05) is 0 Å². The molecule has 0 spiro atoms. The fourth-order valence-electron chi connectivity index (χ4n) is 2.54. The quantitative estimate of drug-likeness (QED) is 0.282. The number of nitrogens with one attached hydrogen (secondary N) is 1. The normalized spacial score (nSPS) is 18.1. The molecular weight excluding hydrogens is 348 g/mol. The van der Waals surface area contributed by atoms with Gasteiger partial charge in [-0.2, -0.15) is 0 Å². The maximum Gasteiger partial charge on any atom is 0.354 e. The van der Waals surface area contributed by atoms with E-state index < -0.39 is 32.7 Å². The van der Waals surface area contributed by atoms with Crippen LogP contribution in [0.5, 0.6) is 5.75 Å². The number of benzene rings is 1. The first-order chi connectivity index (χ1) is 10.5. The van der Waals surface area contributed by atoms with E-state index in [1.54, 1.807) is 18.2 Å². The number of carbonyl (C=O) groups excluding carboxylic acids is 1. The number of carbonyl (C=O) groups is 1. The molecule has 0 saturated carbocycles. The molecule has 0 heterocycles. The van der Waals surface area contributed by atoms with Crippen LogP contribution in [0.2, 0.25) is 0 Å². The predicted octanol–water partition coefficient (Wildman–Crippen LogP) is 0.308. The summed E-state index contributed by atoms with van der Waals surface area (Å²) < 4.78 is 27.5. The van der Waals surface area contributed by atoms with Crippen LogP contribution in [0.1, 0.15) is 18.1 Å². The van der Waals surface area contributed by atoms with E-state index in [0.29, 0.717) is 18.6 Å². The van der Waals surface area contributed by atoms with Crippen molar-refractivity contribution in [3.63, 3.8) is 0 Å². The zero-order chi connectivity index (χ0) is 17.4. The summed E-state index contributed by atoms with van der Waals surface area (Å²) in [7, 11) is -10.0. The zero-order valence-electron chi connectivity index (χ0n) is 12.1. The molecule has 0 saturated heterocycles. The van der Waals surface area contributed by atoms with Crippen LogP contribution in [-0.2, 0) is 26.8 Å². The Balaban J connectivity index is 2.14. The van der Waals surface area contributed by atoms with Gasteiger partial charge in [0.25, 0.3) is 0 Å². The molecule has 1 aliphatic rings. The molecule has 0 radical (unpaired) electrons. The lowest BCUT2D eigenvalue weighted by Gasteiger charge is -2.24. The second-order valence-electron chi connectivity index (χ2n) is 5.35. The summed E-state index contributed by atoms with van der Waals surface area (Å²) in [5.41, 5.74) is -0.591. The fraction of sp³-hybridized carbons (Fsp3) is 0.417. The van der Waals surface area contributed by atoms with Gasteiger partial charge >= 0.3 is 21.2 Å². The summed E-state index contributed by atoms with van der Waals surface area (Å²) in [5.74, 6) is -0.126. The first-order valence-corrected chi connectivity index (χ1v) is 10.00. The van der Waals surface area contributed by atoms with E-state index >= 15 is 0 Å². The molecule has 0 bridgehead atoms. The Labute approximate surface area is 132 Å². The van der Waals surface area contributed by atoms with E-state index in [4.69, 9.17) is 24.3 Å². The van der Waals surface area contributed by atoms with Crippen molar-refractivity contribution < 1.29 is 38.2 Å². The van der Waals surface area contributed by atoms with E-state index in [-0.39, 0.29) is 0 Å². The summed E-state index contributed by atoms with van der Waals surface area (Å²) in [4.78, 5) is 47.5. The van der Waals surface area contributed by atoms with Crippen molar-refractivity contribution in [3.8, 4) is 5.75 Å². The van der Waals surface area contributed by atoms with Crippen molar-refractivity contribution in [2.45, 2.75) is 31.3 Å². The molecule has 0 aliphatic heterocycles. The Kier molecular flexibility index (Phi) is 5.13. The molecule has 1 atom stereocenters. The molecule has 9 nitrogen and oxygen atoms in total. The van der Waals surface area contributed by atoms with Crippen molar-refractivity contribution in [1.29, 1.82) is 0 Å². The van der Waals surface area contributed by atoms with E-state index in [0.717, 1.165) is 11.1 Å². The van der Waals surface area contributed by atoms with Gasteiger partial charge in [0, 0.05) is 13.0 Å². The van der Waals surface area contributed by atoms with Crippen molar-refractivity contribution in [1.82, 2.24) is 5.32 Å². The van der Waals surface area contributed by atoms with Crippen LogP contribution < -0.4 is 10.1 Å². The molecule has 23 heavy (non-hydrogen) atoms. The largest absolute Gasteiger partial charge is 0.427 e. The highest BCUT2D eigenvalue weighted by atomic mass is 31.2. The van der Waals surface area contributed by atoms with Crippen LogP contribution in [0.3, 0.4) is 0 Å². The van der Waals surface area contributed by atoms with Crippen LogP contribution in [0, 0.1) is 0 Å². The maximum absolute atomic E-state index is 11.3. The maximum atomic E-state index is 11.3. The van der Waals surface area contributed by atoms with Gasteiger partial charge in [0.05, 0.1) is 0 Å². The second kappa shape index (κ2) is 6.45. The molecule has 2 rings (SSSR count). The summed E-state index contributed by atoms with van der Waals surface area (Å²) in [6, 6.07) is 4.39. The Morgan fingerprint density at radius 2 is 1.74 bits per heavy atom. The summed E-state index contributed by atoms with van der Waals surface area (Å²) in [6.45, 7) is 1.27. The monoisotopic (exact) mass is 365 g/mol. The summed E-state index contributed by atoms with van der Waals surface area (Å²) >= 11 is 0. The minimum Gasteiger partial charge on any atom is -0.427 e. The minimum atomic E-state index is -5.02. The molecule has 0 fully saturated rings. The van der Waals surface area contributed by atoms with Crippen molar-refractivity contribution in [2.24, 2.45) is 0 Å². The number of esters is 1. The van der Waals surface area contributed by atoms with Crippen molar-refractivity contribution in [3.05, 3.63) is 29.3 Å². The fourth-order valence-corrected chi connectivity index (χ4v) is 4.92. The van der Waals surface area contributed by atoms with E-state index in [9.17, 15) is 13.9 Å². The number of ether oxygens (including phenoxy) is 1. The van der Waals surface area contributed by atoms with Crippen LogP contribution >= 0.6 is 15.2 Å². The highest BCUT2D eigenvalue weighted by Gasteiger charge is 2.45. The van der Waals surface area contributed by atoms with Gasteiger partial charge in [-0.3, -0.25) is 19.2 Å². The highest BCUT2D eigenvalue weighted by Crippen LogP contribution is 2.58. The van der Waals surface area contributed by atoms with Gasteiger partial charge in [0.2, 0.25) is 5.52 Å². The van der Waals surface area contributed by atoms with Crippen molar-refractivity contribution >= 4 is 21.2 Å². The van der Waals surface area contributed by atoms with E-state index in [1.165, 1.54) is 6.92 Å². The summed E-state index contributed by atoms with van der Waals surface area (Å²) in [6.07, 6.45) is 0.660. The molecule has 1 aliphatic carbocycles. The van der Waals surface area contributed by atoms with Crippen LogP contribution in [0.25, 0.3) is 0 Å². The minimum absolute atomic E-state index is 0.306. The zero-order valence-corrected chi connectivity index (χ0v) is 13.9. The van der Waals surface area contributed by atoms with Gasteiger partial charge in [-0.05, 0) is 36.1 Å². The van der Waals surface area contributed by atoms with Crippen molar-refractivity contribution in [2.75, 3.05) is 0 Å². The van der Waals surface area contributed by atoms with Crippen LogP contribution in [-0.4, -0.2) is 37.1 Å². The molecule has 0 aromatic heterocycles. The molecule has 5 N–H and O–H groups in total. The van der Waals surface area contributed by atoms with Crippen LogP contribution in [0.4, 0.5) is 0 Å². The Morgan fingerprint density at radius 1 is 1.17 bits per heavy atom. The highest BCUT2D eigenvalue weighted by molar-refractivity contribution is 7.70. The first-order valence-electron chi connectivity index (χ1n) is 6.63. The number of hydrogen-bond donors (Lipinski definition) is 5. The third kappa shape index (κ3) is 4.71. The molecule has 1 unspecified atom stereocenters. The molecule has 128 valence electrons. The number of rotatable bonds is 5. The second-order valence-corrected chi connectivity index (χ2v) is 9.14. The number of fused-ring (bicyclic) bond motifs is 1. The Hall–Kier alpha value is -1.05. The molecule has 1 aromatic carbocycles. The standard InChI is InChI=1S/C12H17NO8P2/c1-7(14)21-11-3-2-8-4-10(5-9(8)6-11)13-12(22(15,16)17)23(18,19)20/h2-3,6,10,12-13H,4-5H2,1H3,(H2,15,16,17)(H2,18,19,20). The summed E-state index contributed by atoms with van der Waals surface area (Å²) in [5, 5.41) is 2.37. The smallest absolute Gasteiger partial charge is 0.354 e. The lowest BCUT2D eigenvalue weighted by Crippen LogP contribution is -2.38.